The minimum Gasteiger partial charge on any atom is -0.321 e. The van der Waals surface area contributed by atoms with Crippen LogP contribution in [0.1, 0.15) is 48.1 Å². The lowest BCUT2D eigenvalue weighted by molar-refractivity contribution is 0.101. The Hall–Kier alpha value is -2.88. The number of anilines is 1. The van der Waals surface area contributed by atoms with Gasteiger partial charge in [-0.05, 0) is 49.7 Å². The van der Waals surface area contributed by atoms with E-state index < -0.39 is 0 Å². The molecule has 1 heterocycles. The van der Waals surface area contributed by atoms with Gasteiger partial charge in [-0.1, -0.05) is 50.6 Å². The van der Waals surface area contributed by atoms with Gasteiger partial charge in [-0.3, -0.25) is 4.79 Å². The van der Waals surface area contributed by atoms with Crippen LogP contribution >= 0.6 is 0 Å². The summed E-state index contributed by atoms with van der Waals surface area (Å²) in [4.78, 5) is 12.9. The van der Waals surface area contributed by atoms with Crippen LogP contribution in [0.5, 0.6) is 0 Å². The van der Waals surface area contributed by atoms with Crippen molar-refractivity contribution in [2.45, 2.75) is 33.1 Å². The number of carbonyl (C=O) groups is 1. The third-order valence-electron chi connectivity index (χ3n) is 4.13. The summed E-state index contributed by atoms with van der Waals surface area (Å²) in [7, 11) is 0. The fourth-order valence-electron chi connectivity index (χ4n) is 2.60. The first kappa shape index (κ1) is 17.9. The molecule has 1 aromatic heterocycles. The maximum Gasteiger partial charge on any atom is 0.274 e. The molecule has 0 atom stereocenters. The van der Waals surface area contributed by atoms with Crippen LogP contribution in [0.15, 0.2) is 54.6 Å². The highest BCUT2D eigenvalue weighted by molar-refractivity contribution is 6.03. The molecule has 0 bridgehead atoms. The van der Waals surface area contributed by atoms with E-state index >= 15 is 0 Å². The lowest BCUT2D eigenvalue weighted by Crippen LogP contribution is -2.17. The van der Waals surface area contributed by atoms with E-state index in [0.29, 0.717) is 16.9 Å². The van der Waals surface area contributed by atoms with E-state index in [1.165, 1.54) is 0 Å². The number of nitrogens with zero attached hydrogens (tertiary/aromatic N) is 2. The van der Waals surface area contributed by atoms with E-state index in [1.807, 2.05) is 49.4 Å². The van der Waals surface area contributed by atoms with Gasteiger partial charge in [0.1, 0.15) is 5.69 Å². The molecule has 0 saturated heterocycles. The number of hydrogen-bond donors (Lipinski definition) is 1. The number of hydrogen-bond acceptors (Lipinski definition) is 2. The summed E-state index contributed by atoms with van der Waals surface area (Å²) >= 11 is 0. The van der Waals surface area contributed by atoms with Crippen LogP contribution in [0.3, 0.4) is 0 Å². The first-order valence-electron chi connectivity index (χ1n) is 8.58. The Morgan fingerprint density at radius 3 is 2.38 bits per heavy atom. The minimum absolute atomic E-state index is 0.165. The highest BCUT2D eigenvalue weighted by Crippen LogP contribution is 2.24. The second-order valence-electron chi connectivity index (χ2n) is 7.49. The van der Waals surface area contributed by atoms with Crippen molar-refractivity contribution in [1.82, 2.24) is 9.78 Å². The number of amides is 1. The predicted octanol–water partition coefficient (Wildman–Crippen LogP) is 4.79. The second-order valence-corrected chi connectivity index (χ2v) is 7.49. The normalized spacial score (nSPS) is 11.4. The molecule has 0 fully saturated rings. The van der Waals surface area contributed by atoms with Crippen LogP contribution < -0.4 is 5.32 Å². The number of nitrogens with one attached hydrogen (secondary N) is 1. The lowest BCUT2D eigenvalue weighted by Gasteiger charge is -2.14. The molecule has 4 nitrogen and oxygen atoms in total. The summed E-state index contributed by atoms with van der Waals surface area (Å²) in [5, 5.41) is 7.60. The predicted molar refractivity (Wildman–Crippen MR) is 105 cm³/mol. The average Bonchev–Trinajstić information content (AvgIpc) is 3.01. The van der Waals surface area contributed by atoms with Gasteiger partial charge in [-0.25, -0.2) is 4.68 Å². The van der Waals surface area contributed by atoms with E-state index in [9.17, 15) is 4.79 Å². The zero-order valence-corrected chi connectivity index (χ0v) is 15.6. The van der Waals surface area contributed by atoms with E-state index in [2.05, 4.69) is 26.1 Å². The molecular formula is C22H23N3O. The van der Waals surface area contributed by atoms with E-state index in [-0.39, 0.29) is 11.3 Å². The Balaban J connectivity index is 2.02. The smallest absolute Gasteiger partial charge is 0.274 e. The molecule has 132 valence electrons. The van der Waals surface area contributed by atoms with Crippen molar-refractivity contribution in [3.05, 3.63) is 84.0 Å². The van der Waals surface area contributed by atoms with Crippen LogP contribution in [0.4, 0.5) is 5.69 Å². The molecule has 0 aliphatic heterocycles. The summed E-state index contributed by atoms with van der Waals surface area (Å²) in [5.41, 5.74) is 4.44. The monoisotopic (exact) mass is 345 g/mol. The zero-order valence-electron chi connectivity index (χ0n) is 15.6. The van der Waals surface area contributed by atoms with Crippen molar-refractivity contribution in [1.29, 1.82) is 0 Å². The van der Waals surface area contributed by atoms with Crippen molar-refractivity contribution in [2.24, 2.45) is 0 Å². The van der Waals surface area contributed by atoms with Crippen LogP contribution in [-0.2, 0) is 5.41 Å². The molecule has 2 aromatic carbocycles. The average molecular weight is 345 g/mol. The topological polar surface area (TPSA) is 46.9 Å². The van der Waals surface area contributed by atoms with Crippen LogP contribution in [-0.4, -0.2) is 15.7 Å². The van der Waals surface area contributed by atoms with Gasteiger partial charge in [0.05, 0.1) is 11.4 Å². The molecule has 26 heavy (non-hydrogen) atoms. The van der Waals surface area contributed by atoms with Gasteiger partial charge in [0, 0.05) is 11.1 Å². The highest BCUT2D eigenvalue weighted by atomic mass is 16.2. The molecule has 0 spiro atoms. The van der Waals surface area contributed by atoms with E-state index in [0.717, 1.165) is 16.9 Å². The SMILES string of the molecule is [CH]c1cccc(NC(=O)c2cc(C(C)(C)C)nn2-c2ccc(C)cc2)c1. The molecule has 0 unspecified atom stereocenters. The van der Waals surface area contributed by atoms with Crippen LogP contribution in [0.2, 0.25) is 0 Å². The van der Waals surface area contributed by atoms with Crippen molar-refractivity contribution in [2.75, 3.05) is 5.32 Å². The van der Waals surface area contributed by atoms with Gasteiger partial charge >= 0.3 is 0 Å². The molecular weight excluding hydrogens is 322 g/mol. The largest absolute Gasteiger partial charge is 0.321 e. The molecule has 1 N–H and O–H groups in total. The number of carbonyl (C=O) groups excluding carboxylic acids is 1. The molecule has 0 aliphatic rings. The summed E-state index contributed by atoms with van der Waals surface area (Å²) in [5.74, 6) is -0.223. The number of benzene rings is 2. The van der Waals surface area contributed by atoms with Crippen LogP contribution in [0, 0.1) is 13.8 Å². The number of aryl methyl sites for hydroxylation is 1. The second kappa shape index (κ2) is 6.79. The standard InChI is InChI=1S/C22H23N3O/c1-15-9-11-18(12-10-15)25-19(14-20(24-25)22(3,4)5)21(26)23-17-8-6-7-16(2)13-17/h2,6-14H,1,3-5H3,(H,23,26). The quantitative estimate of drug-likeness (QED) is 0.742. The minimum atomic E-state index is -0.223. The van der Waals surface area contributed by atoms with Gasteiger partial charge in [-0.15, -0.1) is 0 Å². The molecule has 4 heteroatoms. The lowest BCUT2D eigenvalue weighted by atomic mass is 9.92. The fraction of sp³-hybridized carbons (Fsp3) is 0.227. The van der Waals surface area contributed by atoms with Crippen molar-refractivity contribution in [3.8, 4) is 5.69 Å². The van der Waals surface area contributed by atoms with Gasteiger partial charge in [0.25, 0.3) is 5.91 Å². The highest BCUT2D eigenvalue weighted by Gasteiger charge is 2.23. The molecule has 3 rings (SSSR count). The molecule has 3 aromatic rings. The first-order chi connectivity index (χ1) is 12.2. The summed E-state index contributed by atoms with van der Waals surface area (Å²) in [6, 6.07) is 16.9. The van der Waals surface area contributed by atoms with Gasteiger partial charge in [0.15, 0.2) is 0 Å². The Morgan fingerprint density at radius 2 is 1.77 bits per heavy atom. The molecule has 0 saturated carbocycles. The Labute approximate surface area is 154 Å². The maximum atomic E-state index is 12.9. The summed E-state index contributed by atoms with van der Waals surface area (Å²) in [6.45, 7) is 14.1. The Morgan fingerprint density at radius 1 is 1.08 bits per heavy atom. The van der Waals surface area contributed by atoms with E-state index in [4.69, 9.17) is 12.0 Å². The van der Waals surface area contributed by atoms with Crippen molar-refractivity contribution >= 4 is 11.6 Å². The Bertz CT molecular complexity index is 931. The Kier molecular flexibility index (Phi) is 4.68. The van der Waals surface area contributed by atoms with Gasteiger partial charge < -0.3 is 5.32 Å². The fourth-order valence-corrected chi connectivity index (χ4v) is 2.60. The molecule has 0 aliphatic carbocycles. The summed E-state index contributed by atoms with van der Waals surface area (Å²) < 4.78 is 1.70. The van der Waals surface area contributed by atoms with Gasteiger partial charge in [-0.2, -0.15) is 5.10 Å². The molecule has 2 radical (unpaired) electrons. The third kappa shape index (κ3) is 3.85. The third-order valence-corrected chi connectivity index (χ3v) is 4.13. The number of aromatic nitrogens is 2. The number of rotatable bonds is 3. The molecule has 1 amide bonds. The van der Waals surface area contributed by atoms with Gasteiger partial charge in [0.2, 0.25) is 0 Å². The van der Waals surface area contributed by atoms with E-state index in [1.54, 1.807) is 16.8 Å². The van der Waals surface area contributed by atoms with Crippen LogP contribution in [0.25, 0.3) is 5.69 Å². The first-order valence-corrected chi connectivity index (χ1v) is 8.58. The van der Waals surface area contributed by atoms with Crippen molar-refractivity contribution < 1.29 is 4.79 Å². The summed E-state index contributed by atoms with van der Waals surface area (Å²) in [6.07, 6.45) is 0. The van der Waals surface area contributed by atoms with Crippen molar-refractivity contribution in [3.63, 3.8) is 0 Å². The zero-order chi connectivity index (χ0) is 18.9. The maximum absolute atomic E-state index is 12.9.